The third-order valence-corrected chi connectivity index (χ3v) is 1.11. The fraction of sp³-hybridized carbons (Fsp3) is 0.800. The fourth-order valence-corrected chi connectivity index (χ4v) is 0.673. The average molecular weight is 152 g/mol. The Kier molecular flexibility index (Phi) is 4.67. The topological polar surface area (TPSA) is 38.3 Å². The van der Waals surface area contributed by atoms with Gasteiger partial charge in [-0.2, -0.15) is 0 Å². The van der Waals surface area contributed by atoms with Crippen LogP contribution in [0, 0.1) is 0 Å². The van der Waals surface area contributed by atoms with E-state index < -0.39 is 0 Å². The maximum atomic E-state index is 9.99. The van der Waals surface area contributed by atoms with Crippen LogP contribution in [0.15, 0.2) is 0 Å². The number of halogens is 1. The lowest BCUT2D eigenvalue weighted by Crippen LogP contribution is -2.39. The largest absolute Gasteiger partial charge is 0.368 e. The summed E-state index contributed by atoms with van der Waals surface area (Å²) in [6.45, 7) is 2.19. The number of nitrogens with one attached hydrogen (secondary N) is 1. The third kappa shape index (κ3) is 2.79. The van der Waals surface area contributed by atoms with E-state index in [2.05, 4.69) is 5.32 Å². The zero-order valence-corrected chi connectivity index (χ0v) is 5.82. The van der Waals surface area contributed by atoms with Gasteiger partial charge in [-0.15, -0.1) is 12.4 Å². The van der Waals surface area contributed by atoms with E-state index in [4.69, 9.17) is 4.74 Å². The van der Waals surface area contributed by atoms with Gasteiger partial charge in [-0.05, 0) is 0 Å². The van der Waals surface area contributed by atoms with E-state index in [-0.39, 0.29) is 18.5 Å². The quantitative estimate of drug-likeness (QED) is 0.518. The first-order valence-corrected chi connectivity index (χ1v) is 2.71. The van der Waals surface area contributed by atoms with Crippen LogP contribution < -0.4 is 5.32 Å². The van der Waals surface area contributed by atoms with Gasteiger partial charge in [0, 0.05) is 13.1 Å². The molecule has 0 aromatic rings. The predicted octanol–water partition coefficient (Wildman–Crippen LogP) is -0.405. The van der Waals surface area contributed by atoms with E-state index in [0.717, 1.165) is 12.8 Å². The Morgan fingerprint density at radius 1 is 1.67 bits per heavy atom. The van der Waals surface area contributed by atoms with Crippen molar-refractivity contribution in [2.24, 2.45) is 0 Å². The Hall–Kier alpha value is -0.120. The zero-order chi connectivity index (χ0) is 5.82. The van der Waals surface area contributed by atoms with Gasteiger partial charge in [-0.3, -0.25) is 0 Å². The Morgan fingerprint density at radius 3 is 2.78 bits per heavy atom. The van der Waals surface area contributed by atoms with E-state index in [9.17, 15) is 4.79 Å². The zero-order valence-electron chi connectivity index (χ0n) is 5.00. The minimum atomic E-state index is -0.205. The van der Waals surface area contributed by atoms with Crippen LogP contribution in [0.4, 0.5) is 0 Å². The number of carbonyl (C=O) groups excluding carboxylic acids is 1. The van der Waals surface area contributed by atoms with Gasteiger partial charge in [-0.1, -0.05) is 0 Å². The number of carbonyl (C=O) groups is 1. The van der Waals surface area contributed by atoms with Crippen molar-refractivity contribution in [2.45, 2.75) is 6.10 Å². The highest BCUT2D eigenvalue weighted by Crippen LogP contribution is 1.89. The van der Waals surface area contributed by atoms with Crippen molar-refractivity contribution in [3.8, 4) is 0 Å². The summed E-state index contributed by atoms with van der Waals surface area (Å²) in [5, 5.41) is 3.03. The maximum Gasteiger partial charge on any atom is 0.150 e. The second-order valence-corrected chi connectivity index (χ2v) is 1.75. The van der Waals surface area contributed by atoms with Gasteiger partial charge in [0.2, 0.25) is 0 Å². The van der Waals surface area contributed by atoms with E-state index in [1.165, 1.54) is 0 Å². The van der Waals surface area contributed by atoms with Crippen LogP contribution in [0.1, 0.15) is 0 Å². The van der Waals surface area contributed by atoms with Gasteiger partial charge in [0.25, 0.3) is 0 Å². The van der Waals surface area contributed by atoms with Crippen LogP contribution in [0.25, 0.3) is 0 Å². The molecular weight excluding hydrogens is 142 g/mol. The Balaban J connectivity index is 0.000000640. The first-order valence-electron chi connectivity index (χ1n) is 2.71. The van der Waals surface area contributed by atoms with Crippen LogP contribution in [-0.2, 0) is 9.53 Å². The minimum Gasteiger partial charge on any atom is -0.368 e. The van der Waals surface area contributed by atoms with Crippen molar-refractivity contribution in [1.82, 2.24) is 5.32 Å². The Morgan fingerprint density at radius 2 is 2.44 bits per heavy atom. The molecule has 1 aliphatic heterocycles. The van der Waals surface area contributed by atoms with Crippen LogP contribution in [0.2, 0.25) is 0 Å². The fourth-order valence-electron chi connectivity index (χ4n) is 0.673. The molecule has 0 aromatic carbocycles. The smallest absolute Gasteiger partial charge is 0.150 e. The molecule has 3 nitrogen and oxygen atoms in total. The minimum absolute atomic E-state index is 0. The summed E-state index contributed by atoms with van der Waals surface area (Å²) in [7, 11) is 0. The van der Waals surface area contributed by atoms with Gasteiger partial charge < -0.3 is 14.8 Å². The molecule has 0 saturated carbocycles. The highest BCUT2D eigenvalue weighted by molar-refractivity contribution is 5.85. The van der Waals surface area contributed by atoms with Crippen LogP contribution in [0.3, 0.4) is 0 Å². The van der Waals surface area contributed by atoms with Crippen LogP contribution in [0.5, 0.6) is 0 Å². The molecule has 1 unspecified atom stereocenters. The van der Waals surface area contributed by atoms with Gasteiger partial charge in [0.15, 0.2) is 0 Å². The molecule has 1 heterocycles. The van der Waals surface area contributed by atoms with Gasteiger partial charge in [0.1, 0.15) is 12.4 Å². The first-order chi connectivity index (χ1) is 3.93. The van der Waals surface area contributed by atoms with Crippen LogP contribution in [-0.4, -0.2) is 32.1 Å². The van der Waals surface area contributed by atoms with Gasteiger partial charge >= 0.3 is 0 Å². The van der Waals surface area contributed by atoms with E-state index >= 15 is 0 Å². The van der Waals surface area contributed by atoms with Crippen LogP contribution >= 0.6 is 12.4 Å². The molecule has 1 rings (SSSR count). The van der Waals surface area contributed by atoms with Crippen molar-refractivity contribution in [3.63, 3.8) is 0 Å². The summed E-state index contributed by atoms with van der Waals surface area (Å²) in [5.74, 6) is 0. The molecule has 9 heavy (non-hydrogen) atoms. The molecule has 1 saturated heterocycles. The highest BCUT2D eigenvalue weighted by atomic mass is 35.5. The summed E-state index contributed by atoms with van der Waals surface area (Å²) < 4.78 is 5.00. The van der Waals surface area contributed by atoms with Crippen molar-refractivity contribution >= 4 is 18.7 Å². The molecule has 0 spiro atoms. The molecule has 4 heteroatoms. The summed E-state index contributed by atoms with van der Waals surface area (Å²) in [6, 6.07) is 0. The third-order valence-electron chi connectivity index (χ3n) is 1.11. The van der Waals surface area contributed by atoms with E-state index in [1.54, 1.807) is 0 Å². The summed E-state index contributed by atoms with van der Waals surface area (Å²) >= 11 is 0. The molecule has 1 aliphatic rings. The molecule has 0 aliphatic carbocycles. The monoisotopic (exact) mass is 151 g/mol. The molecule has 1 N–H and O–H groups in total. The number of ether oxygens (including phenoxy) is 1. The number of rotatable bonds is 1. The second-order valence-electron chi connectivity index (χ2n) is 1.75. The number of hydrogen-bond donors (Lipinski definition) is 1. The first kappa shape index (κ1) is 8.88. The van der Waals surface area contributed by atoms with Gasteiger partial charge in [0.05, 0.1) is 6.61 Å². The standard InChI is InChI=1S/C5H9NO2.ClH/c7-4-5-3-6-1-2-8-5;/h4-6H,1-3H2;1H. The summed E-state index contributed by atoms with van der Waals surface area (Å²) in [5.41, 5.74) is 0. The number of aldehydes is 1. The Bertz CT molecular complexity index is 83.0. The highest BCUT2D eigenvalue weighted by Gasteiger charge is 2.09. The van der Waals surface area contributed by atoms with Crippen molar-refractivity contribution in [2.75, 3.05) is 19.7 Å². The summed E-state index contributed by atoms with van der Waals surface area (Å²) in [4.78, 5) is 9.99. The number of hydrogen-bond acceptors (Lipinski definition) is 3. The molecule has 0 radical (unpaired) electrons. The molecular formula is C5H10ClNO2. The average Bonchev–Trinajstić information content (AvgIpc) is 1.90. The van der Waals surface area contributed by atoms with Crippen molar-refractivity contribution < 1.29 is 9.53 Å². The normalized spacial score (nSPS) is 26.4. The van der Waals surface area contributed by atoms with E-state index in [0.29, 0.717) is 13.2 Å². The summed E-state index contributed by atoms with van der Waals surface area (Å²) in [6.07, 6.45) is 0.621. The lowest BCUT2D eigenvalue weighted by Gasteiger charge is -2.17. The lowest BCUT2D eigenvalue weighted by molar-refractivity contribution is -0.119. The molecule has 0 amide bonds. The lowest BCUT2D eigenvalue weighted by atomic mass is 10.3. The van der Waals surface area contributed by atoms with Crippen molar-refractivity contribution in [1.29, 1.82) is 0 Å². The molecule has 1 atom stereocenters. The molecule has 0 bridgehead atoms. The molecule has 1 fully saturated rings. The van der Waals surface area contributed by atoms with Crippen molar-refractivity contribution in [3.05, 3.63) is 0 Å². The maximum absolute atomic E-state index is 9.99. The Labute approximate surface area is 60.2 Å². The van der Waals surface area contributed by atoms with E-state index in [1.807, 2.05) is 0 Å². The molecule has 0 aromatic heterocycles. The second kappa shape index (κ2) is 4.73. The van der Waals surface area contributed by atoms with Gasteiger partial charge in [-0.25, -0.2) is 0 Å². The SMILES string of the molecule is Cl.O=CC1CNCCO1. The predicted molar refractivity (Wildman–Crippen MR) is 35.9 cm³/mol. The number of morpholine rings is 1. The molecule has 54 valence electrons.